The van der Waals surface area contributed by atoms with Gasteiger partial charge in [-0.2, -0.15) is 5.10 Å². The molecule has 8 nitrogen and oxygen atoms in total. The topological polar surface area (TPSA) is 83.0 Å². The van der Waals surface area contributed by atoms with Crippen LogP contribution in [-0.2, 0) is 0 Å². The molecule has 1 aliphatic rings. The number of aromatic nitrogens is 7. The molecule has 4 aromatic heterocycles. The van der Waals surface area contributed by atoms with E-state index in [4.69, 9.17) is 24.9 Å². The summed E-state index contributed by atoms with van der Waals surface area (Å²) < 4.78 is 10.1. The van der Waals surface area contributed by atoms with Gasteiger partial charge in [-0.25, -0.2) is 19.2 Å². The zero-order valence-electron chi connectivity index (χ0n) is 20.9. The van der Waals surface area contributed by atoms with Gasteiger partial charge in [0.25, 0.3) is 0 Å². The summed E-state index contributed by atoms with van der Waals surface area (Å²) in [5.74, 6) is 1.52. The quantitative estimate of drug-likeness (QED) is 0.287. The molecule has 0 spiro atoms. The van der Waals surface area contributed by atoms with Crippen molar-refractivity contribution in [1.29, 1.82) is 0 Å². The van der Waals surface area contributed by atoms with E-state index in [1.54, 1.807) is 17.0 Å². The van der Waals surface area contributed by atoms with Gasteiger partial charge in [0, 0.05) is 18.0 Å². The lowest BCUT2D eigenvalue weighted by Crippen LogP contribution is -2.16. The van der Waals surface area contributed by atoms with Crippen molar-refractivity contribution in [3.05, 3.63) is 126 Å². The number of ether oxygens (including phenoxy) is 1. The number of pyridine rings is 1. The predicted molar refractivity (Wildman–Crippen MR) is 147 cm³/mol. The third-order valence-corrected chi connectivity index (χ3v) is 7.27. The lowest BCUT2D eigenvalue weighted by atomic mass is 9.85. The lowest BCUT2D eigenvalue weighted by Gasteiger charge is -2.26. The van der Waals surface area contributed by atoms with Crippen LogP contribution in [0.25, 0.3) is 33.5 Å². The zero-order chi connectivity index (χ0) is 25.9. The van der Waals surface area contributed by atoms with Gasteiger partial charge < -0.3 is 4.74 Å². The largest absolute Gasteiger partial charge is 0.420 e. The Morgan fingerprint density at radius 2 is 1.67 bits per heavy atom. The second-order valence-electron chi connectivity index (χ2n) is 9.57. The molecular formula is C31H21N7O. The molecule has 3 aromatic carbocycles. The summed E-state index contributed by atoms with van der Waals surface area (Å²) in [7, 11) is 0. The molecule has 1 unspecified atom stereocenters. The van der Waals surface area contributed by atoms with Crippen molar-refractivity contribution in [3.8, 4) is 28.8 Å². The van der Waals surface area contributed by atoms with Gasteiger partial charge in [-0.3, -0.25) is 4.98 Å². The second kappa shape index (κ2) is 8.32. The second-order valence-corrected chi connectivity index (χ2v) is 9.57. The summed E-state index contributed by atoms with van der Waals surface area (Å²) in [5, 5.41) is 12.0. The molecule has 0 N–H and O–H groups in total. The molecule has 186 valence electrons. The number of nitrogens with zero attached hydrogens (tertiary/aromatic N) is 7. The summed E-state index contributed by atoms with van der Waals surface area (Å²) in [6.07, 6.45) is 5.32. The zero-order valence-corrected chi connectivity index (χ0v) is 20.9. The Kier molecular flexibility index (Phi) is 4.63. The maximum absolute atomic E-state index is 6.52. The van der Waals surface area contributed by atoms with E-state index in [1.165, 1.54) is 0 Å². The average Bonchev–Trinajstić information content (AvgIpc) is 3.58. The molecule has 0 saturated heterocycles. The predicted octanol–water partition coefficient (Wildman–Crippen LogP) is 6.12. The normalized spacial score (nSPS) is 14.2. The Morgan fingerprint density at radius 3 is 2.54 bits per heavy atom. The van der Waals surface area contributed by atoms with Crippen LogP contribution >= 0.6 is 0 Å². The van der Waals surface area contributed by atoms with E-state index in [0.717, 1.165) is 44.4 Å². The maximum atomic E-state index is 6.52. The molecule has 7 aromatic rings. The summed E-state index contributed by atoms with van der Waals surface area (Å²) in [4.78, 5) is 14.2. The van der Waals surface area contributed by atoms with Gasteiger partial charge in [-0.05, 0) is 41.5 Å². The minimum absolute atomic E-state index is 0.240. The van der Waals surface area contributed by atoms with E-state index in [2.05, 4.69) is 35.3 Å². The SMILES string of the molecule is Cc1nn(-c2ccccc2)c2c1C(c1cccnc1)c1c(ncn3nc(-c4cccc5ccccc45)nc13)O2. The molecule has 0 saturated carbocycles. The maximum Gasteiger partial charge on any atom is 0.230 e. The Labute approximate surface area is 223 Å². The molecule has 0 amide bonds. The number of para-hydroxylation sites is 1. The third kappa shape index (κ3) is 3.28. The van der Waals surface area contributed by atoms with E-state index in [-0.39, 0.29) is 5.92 Å². The van der Waals surface area contributed by atoms with Crippen molar-refractivity contribution in [2.75, 3.05) is 0 Å². The molecule has 39 heavy (non-hydrogen) atoms. The van der Waals surface area contributed by atoms with Crippen LogP contribution < -0.4 is 4.74 Å². The fourth-order valence-corrected chi connectivity index (χ4v) is 5.54. The third-order valence-electron chi connectivity index (χ3n) is 7.27. The van der Waals surface area contributed by atoms with Crippen LogP contribution in [0.4, 0.5) is 0 Å². The lowest BCUT2D eigenvalue weighted by molar-refractivity contribution is 0.402. The molecule has 0 fully saturated rings. The summed E-state index contributed by atoms with van der Waals surface area (Å²) in [6, 6.07) is 28.4. The first-order valence-corrected chi connectivity index (χ1v) is 12.7. The average molecular weight is 508 g/mol. The minimum atomic E-state index is -0.240. The van der Waals surface area contributed by atoms with Gasteiger partial charge >= 0.3 is 0 Å². The molecule has 1 atom stereocenters. The Bertz CT molecular complexity index is 2010. The van der Waals surface area contributed by atoms with E-state index >= 15 is 0 Å². The van der Waals surface area contributed by atoms with Crippen LogP contribution in [0.2, 0.25) is 0 Å². The van der Waals surface area contributed by atoms with E-state index in [1.807, 2.05) is 72.4 Å². The molecule has 0 bridgehead atoms. The van der Waals surface area contributed by atoms with Crippen LogP contribution in [0, 0.1) is 6.92 Å². The highest BCUT2D eigenvalue weighted by Crippen LogP contribution is 2.49. The first kappa shape index (κ1) is 21.7. The molecule has 5 heterocycles. The van der Waals surface area contributed by atoms with Crippen LogP contribution in [0.15, 0.2) is 104 Å². The number of aryl methyl sites for hydroxylation is 1. The van der Waals surface area contributed by atoms with Gasteiger partial charge in [-0.1, -0.05) is 66.7 Å². The smallest absolute Gasteiger partial charge is 0.230 e. The van der Waals surface area contributed by atoms with Crippen LogP contribution in [0.3, 0.4) is 0 Å². The standard InChI is InChI=1S/C31H21N7O/c1-19-25-26(21-11-8-16-32-17-21)27-29-34-28(24-15-7-10-20-9-5-6-14-23(20)24)36-37(29)18-33-30(27)39-31(25)38(35-19)22-12-3-2-4-13-22/h2-18,26H,1H3. The number of benzene rings is 3. The number of fused-ring (bicyclic) bond motifs is 5. The summed E-state index contributed by atoms with van der Waals surface area (Å²) in [6.45, 7) is 2.01. The van der Waals surface area contributed by atoms with Crippen molar-refractivity contribution in [2.45, 2.75) is 12.8 Å². The van der Waals surface area contributed by atoms with Gasteiger partial charge in [0.1, 0.15) is 6.33 Å². The van der Waals surface area contributed by atoms with E-state index < -0.39 is 0 Å². The number of hydrogen-bond donors (Lipinski definition) is 0. The summed E-state index contributed by atoms with van der Waals surface area (Å²) >= 11 is 0. The molecule has 0 radical (unpaired) electrons. The Hall–Kier alpha value is -5.37. The highest BCUT2D eigenvalue weighted by molar-refractivity contribution is 5.95. The van der Waals surface area contributed by atoms with E-state index in [9.17, 15) is 0 Å². The monoisotopic (exact) mass is 507 g/mol. The van der Waals surface area contributed by atoms with Crippen molar-refractivity contribution >= 4 is 16.4 Å². The van der Waals surface area contributed by atoms with Gasteiger partial charge in [0.05, 0.1) is 28.4 Å². The van der Waals surface area contributed by atoms with Crippen LogP contribution in [0.1, 0.15) is 28.3 Å². The molecule has 8 heteroatoms. The van der Waals surface area contributed by atoms with Crippen molar-refractivity contribution in [1.82, 2.24) is 34.3 Å². The van der Waals surface area contributed by atoms with Crippen molar-refractivity contribution in [3.63, 3.8) is 0 Å². The fourth-order valence-electron chi connectivity index (χ4n) is 5.54. The van der Waals surface area contributed by atoms with E-state index in [0.29, 0.717) is 23.2 Å². The van der Waals surface area contributed by atoms with Crippen LogP contribution in [0.5, 0.6) is 11.8 Å². The molecule has 1 aliphatic heterocycles. The number of rotatable bonds is 3. The molecule has 0 aliphatic carbocycles. The molecule has 8 rings (SSSR count). The number of hydrogen-bond acceptors (Lipinski definition) is 6. The fraction of sp³-hybridized carbons (Fsp3) is 0.0645. The highest BCUT2D eigenvalue weighted by atomic mass is 16.5. The Morgan fingerprint density at radius 1 is 0.821 bits per heavy atom. The van der Waals surface area contributed by atoms with Crippen LogP contribution in [-0.4, -0.2) is 34.3 Å². The first-order chi connectivity index (χ1) is 19.3. The Balaban J connectivity index is 1.38. The molecular weight excluding hydrogens is 486 g/mol. The van der Waals surface area contributed by atoms with Gasteiger partial charge in [0.15, 0.2) is 11.5 Å². The summed E-state index contributed by atoms with van der Waals surface area (Å²) in [5.41, 5.74) is 6.24. The van der Waals surface area contributed by atoms with Gasteiger partial charge in [-0.15, -0.1) is 5.10 Å². The van der Waals surface area contributed by atoms with Crippen molar-refractivity contribution < 1.29 is 4.74 Å². The highest BCUT2D eigenvalue weighted by Gasteiger charge is 2.38. The van der Waals surface area contributed by atoms with Gasteiger partial charge in [0.2, 0.25) is 11.8 Å². The van der Waals surface area contributed by atoms with Crippen molar-refractivity contribution in [2.24, 2.45) is 0 Å². The minimum Gasteiger partial charge on any atom is -0.420 e. The first-order valence-electron chi connectivity index (χ1n) is 12.7.